The number of fused-ring (bicyclic) bond motifs is 2. The van der Waals surface area contributed by atoms with E-state index in [1.807, 2.05) is 13.8 Å². The topological polar surface area (TPSA) is 107 Å². The third kappa shape index (κ3) is 4.56. The minimum atomic E-state index is -4.01. The van der Waals surface area contributed by atoms with Crippen molar-refractivity contribution in [2.24, 2.45) is 0 Å². The highest BCUT2D eigenvalue weighted by molar-refractivity contribution is 7.92. The Labute approximate surface area is 217 Å². The van der Waals surface area contributed by atoms with Crippen LogP contribution in [0, 0.1) is 6.92 Å². The highest BCUT2D eigenvalue weighted by Gasteiger charge is 2.37. The number of methoxy groups -OCH3 is 1. The number of carbonyl (C=O) groups is 1. The summed E-state index contributed by atoms with van der Waals surface area (Å²) in [5.74, 6) is 0.330. The smallest absolute Gasteiger partial charge is 0.308 e. The molecule has 2 heterocycles. The van der Waals surface area contributed by atoms with Crippen molar-refractivity contribution in [2.45, 2.75) is 31.4 Å². The van der Waals surface area contributed by atoms with Crippen LogP contribution in [0.3, 0.4) is 0 Å². The van der Waals surface area contributed by atoms with Crippen molar-refractivity contribution in [3.05, 3.63) is 75.9 Å². The quantitative estimate of drug-likeness (QED) is 0.397. The number of carbonyl (C=O) groups excluding carboxylic acids is 1. The van der Waals surface area contributed by atoms with E-state index in [2.05, 4.69) is 5.32 Å². The lowest BCUT2D eigenvalue weighted by Crippen LogP contribution is -2.48. The van der Waals surface area contributed by atoms with Gasteiger partial charge in [-0.3, -0.25) is 18.5 Å². The molecule has 3 aromatic carbocycles. The monoisotopic (exact) mass is 539 g/mol. The van der Waals surface area contributed by atoms with Crippen molar-refractivity contribution in [3.63, 3.8) is 0 Å². The molecule has 9 nitrogen and oxygen atoms in total. The number of thiazole rings is 1. The number of anilines is 2. The zero-order valence-corrected chi connectivity index (χ0v) is 22.1. The molecule has 0 fully saturated rings. The Bertz CT molecular complexity index is 1660. The van der Waals surface area contributed by atoms with Crippen LogP contribution in [0.25, 0.3) is 10.2 Å². The molecule has 0 saturated heterocycles. The number of hydrogen-bond donors (Lipinski definition) is 1. The molecule has 11 heteroatoms. The van der Waals surface area contributed by atoms with Crippen LogP contribution in [0.5, 0.6) is 11.5 Å². The summed E-state index contributed by atoms with van der Waals surface area (Å²) in [6.45, 7) is 4.10. The average molecular weight is 540 g/mol. The normalized spacial score (nSPS) is 15.2. The lowest BCUT2D eigenvalue weighted by molar-refractivity contribution is -0.122. The number of sulfonamides is 1. The molecule has 1 aliphatic rings. The first-order chi connectivity index (χ1) is 17.7. The van der Waals surface area contributed by atoms with Gasteiger partial charge in [0.1, 0.15) is 11.5 Å². The van der Waals surface area contributed by atoms with Crippen molar-refractivity contribution < 1.29 is 22.7 Å². The van der Waals surface area contributed by atoms with E-state index in [0.717, 1.165) is 27.1 Å². The van der Waals surface area contributed by atoms with Gasteiger partial charge in [0.25, 0.3) is 15.9 Å². The van der Waals surface area contributed by atoms with Crippen LogP contribution in [0.1, 0.15) is 12.5 Å². The van der Waals surface area contributed by atoms with E-state index in [9.17, 15) is 18.0 Å². The summed E-state index contributed by atoms with van der Waals surface area (Å²) < 4.78 is 42.1. The first-order valence-corrected chi connectivity index (χ1v) is 13.9. The second kappa shape index (κ2) is 9.56. The van der Waals surface area contributed by atoms with Gasteiger partial charge in [-0.15, -0.1) is 0 Å². The van der Waals surface area contributed by atoms with E-state index < -0.39 is 22.0 Å². The molecule has 37 heavy (non-hydrogen) atoms. The van der Waals surface area contributed by atoms with Gasteiger partial charge in [0.05, 0.1) is 34.5 Å². The second-order valence-corrected chi connectivity index (χ2v) is 11.4. The van der Waals surface area contributed by atoms with Crippen molar-refractivity contribution >= 4 is 48.9 Å². The number of aromatic nitrogens is 1. The number of nitrogens with zero attached hydrogens (tertiary/aromatic N) is 2. The molecular weight excluding hydrogens is 514 g/mol. The van der Waals surface area contributed by atoms with E-state index in [4.69, 9.17) is 9.47 Å². The minimum Gasteiger partial charge on any atom is -0.497 e. The van der Waals surface area contributed by atoms with Crippen molar-refractivity contribution in [1.82, 2.24) is 4.57 Å². The van der Waals surface area contributed by atoms with Gasteiger partial charge in [0.15, 0.2) is 6.10 Å². The van der Waals surface area contributed by atoms with Crippen molar-refractivity contribution in [1.29, 1.82) is 0 Å². The van der Waals surface area contributed by atoms with Gasteiger partial charge in [-0.1, -0.05) is 17.4 Å². The fourth-order valence-corrected chi connectivity index (χ4v) is 6.73. The molecule has 1 atom stereocenters. The van der Waals surface area contributed by atoms with Crippen LogP contribution in [-0.2, 0) is 21.4 Å². The van der Waals surface area contributed by atoms with E-state index in [-0.39, 0.29) is 16.3 Å². The minimum absolute atomic E-state index is 0.0668. The van der Waals surface area contributed by atoms with Gasteiger partial charge in [-0.2, -0.15) is 0 Å². The highest BCUT2D eigenvalue weighted by atomic mass is 32.2. The molecule has 0 aliphatic carbocycles. The number of amides is 1. The zero-order chi connectivity index (χ0) is 26.3. The summed E-state index contributed by atoms with van der Waals surface area (Å²) in [6.07, 6.45) is -1.10. The largest absolute Gasteiger partial charge is 0.497 e. The van der Waals surface area contributed by atoms with E-state index in [0.29, 0.717) is 29.4 Å². The van der Waals surface area contributed by atoms with Gasteiger partial charge in [-0.05, 0) is 74.0 Å². The standard InChI is InChI=1S/C26H25N3O6S2/c1-4-28-20-11-6-17(14-24(20)36-26(28)31)27-25(30)23-15-29(21-13-16(2)5-12-22(21)35-23)37(32,33)19-9-7-18(34-3)8-10-19/h5-14,23H,4,15H2,1-3H3,(H,27,30)/t23-/m0/s1. The third-order valence-electron chi connectivity index (χ3n) is 6.18. The molecule has 4 aromatic rings. The Kier molecular flexibility index (Phi) is 6.42. The van der Waals surface area contributed by atoms with Crippen LogP contribution in [-0.4, -0.2) is 38.7 Å². The number of benzene rings is 3. The third-order valence-corrected chi connectivity index (χ3v) is 8.91. The maximum absolute atomic E-state index is 13.7. The molecule has 0 radical (unpaired) electrons. The fraction of sp³-hybridized carbons (Fsp3) is 0.231. The summed E-state index contributed by atoms with van der Waals surface area (Å²) >= 11 is 1.10. The SMILES string of the molecule is CCn1c(=O)sc2cc(NC(=O)[C@@H]3CN(S(=O)(=O)c4ccc(OC)cc4)c4cc(C)ccc4O3)ccc21. The predicted molar refractivity (Wildman–Crippen MR) is 144 cm³/mol. The summed E-state index contributed by atoms with van der Waals surface area (Å²) in [5.41, 5.74) is 2.51. The van der Waals surface area contributed by atoms with Gasteiger partial charge >= 0.3 is 4.87 Å². The maximum Gasteiger partial charge on any atom is 0.308 e. The summed E-state index contributed by atoms with van der Waals surface area (Å²) in [6, 6.07) is 16.5. The fourth-order valence-electron chi connectivity index (χ4n) is 4.27. The molecular formula is C26H25N3O6S2. The Balaban J connectivity index is 1.46. The Morgan fingerprint density at radius 2 is 1.89 bits per heavy atom. The number of nitrogens with one attached hydrogen (secondary N) is 1. The molecule has 0 spiro atoms. The van der Waals surface area contributed by atoms with E-state index in [1.54, 1.807) is 53.1 Å². The number of aryl methyl sites for hydroxylation is 2. The average Bonchev–Trinajstić information content (AvgIpc) is 3.21. The lowest BCUT2D eigenvalue weighted by atomic mass is 10.1. The van der Waals surface area contributed by atoms with Crippen LogP contribution in [0.15, 0.2) is 70.4 Å². The zero-order valence-electron chi connectivity index (χ0n) is 20.4. The van der Waals surface area contributed by atoms with Crippen LogP contribution in [0.4, 0.5) is 11.4 Å². The number of rotatable bonds is 6. The first-order valence-electron chi connectivity index (χ1n) is 11.6. The number of hydrogen-bond acceptors (Lipinski definition) is 7. The molecule has 1 aliphatic heterocycles. The van der Waals surface area contributed by atoms with E-state index >= 15 is 0 Å². The van der Waals surface area contributed by atoms with Crippen molar-refractivity contribution in [3.8, 4) is 11.5 Å². The number of ether oxygens (including phenoxy) is 2. The molecule has 1 aromatic heterocycles. The summed E-state index contributed by atoms with van der Waals surface area (Å²) in [5, 5.41) is 2.81. The predicted octanol–water partition coefficient (Wildman–Crippen LogP) is 3.99. The summed E-state index contributed by atoms with van der Waals surface area (Å²) in [4.78, 5) is 25.4. The van der Waals surface area contributed by atoms with E-state index in [1.165, 1.54) is 23.5 Å². The second-order valence-electron chi connectivity index (χ2n) is 8.57. The lowest BCUT2D eigenvalue weighted by Gasteiger charge is -2.35. The van der Waals surface area contributed by atoms with Gasteiger partial charge in [0.2, 0.25) is 0 Å². The van der Waals surface area contributed by atoms with Gasteiger partial charge in [-0.25, -0.2) is 8.42 Å². The van der Waals surface area contributed by atoms with Crippen molar-refractivity contribution in [2.75, 3.05) is 23.3 Å². The van der Waals surface area contributed by atoms with Crippen LogP contribution < -0.4 is 24.0 Å². The molecule has 1 amide bonds. The van der Waals surface area contributed by atoms with Gasteiger partial charge < -0.3 is 14.8 Å². The summed E-state index contributed by atoms with van der Waals surface area (Å²) in [7, 11) is -2.50. The van der Waals surface area contributed by atoms with Crippen LogP contribution >= 0.6 is 11.3 Å². The van der Waals surface area contributed by atoms with Crippen LogP contribution in [0.2, 0.25) is 0 Å². The molecule has 0 saturated carbocycles. The Hall–Kier alpha value is -3.83. The first kappa shape index (κ1) is 24.8. The molecule has 1 N–H and O–H groups in total. The maximum atomic E-state index is 13.7. The molecule has 0 unspecified atom stereocenters. The molecule has 0 bridgehead atoms. The van der Waals surface area contributed by atoms with Gasteiger partial charge in [0, 0.05) is 12.2 Å². The molecule has 192 valence electrons. The Morgan fingerprint density at radius 1 is 1.14 bits per heavy atom. The molecule has 5 rings (SSSR count). The Morgan fingerprint density at radius 3 is 2.59 bits per heavy atom. The highest BCUT2D eigenvalue weighted by Crippen LogP contribution is 2.38.